The molecule has 0 bridgehead atoms. The summed E-state index contributed by atoms with van der Waals surface area (Å²) in [5.41, 5.74) is 3.52. The van der Waals surface area contributed by atoms with Gasteiger partial charge in [0, 0.05) is 21.7 Å². The normalized spacial score (nSPS) is 13.0. The van der Waals surface area contributed by atoms with Gasteiger partial charge in [0.2, 0.25) is 5.91 Å². The molecule has 0 unspecified atom stereocenters. The predicted molar refractivity (Wildman–Crippen MR) is 129 cm³/mol. The first kappa shape index (κ1) is 23.6. The van der Waals surface area contributed by atoms with Crippen molar-refractivity contribution in [3.05, 3.63) is 64.8 Å². The smallest absolute Gasteiger partial charge is 0.408 e. The first-order chi connectivity index (χ1) is 16.1. The maximum atomic E-state index is 13.1. The van der Waals surface area contributed by atoms with Gasteiger partial charge in [0.15, 0.2) is 0 Å². The summed E-state index contributed by atoms with van der Waals surface area (Å²) in [6, 6.07) is 15.1. The van der Waals surface area contributed by atoms with Crippen LogP contribution in [0.1, 0.15) is 32.0 Å². The van der Waals surface area contributed by atoms with Crippen LogP contribution in [0, 0.1) is 0 Å². The molecular formula is C25H27ClN4O4. The van der Waals surface area contributed by atoms with Gasteiger partial charge in [-0.3, -0.25) is 9.69 Å². The lowest BCUT2D eigenvalue weighted by molar-refractivity contribution is -0.133. The summed E-state index contributed by atoms with van der Waals surface area (Å²) in [5.74, 6) is 0.412. The van der Waals surface area contributed by atoms with Crippen molar-refractivity contribution >= 4 is 23.6 Å². The third-order valence-electron chi connectivity index (χ3n) is 5.87. The number of carboxylic acid groups (broad SMARTS) is 1. The van der Waals surface area contributed by atoms with Crippen LogP contribution in [0.25, 0.3) is 16.9 Å². The molecule has 2 amide bonds. The number of ether oxygens (including phenoxy) is 1. The van der Waals surface area contributed by atoms with Crippen molar-refractivity contribution in [2.45, 2.75) is 39.4 Å². The number of aromatic nitrogens is 2. The Kier molecular flexibility index (Phi) is 6.27. The zero-order valence-corrected chi connectivity index (χ0v) is 20.3. The second kappa shape index (κ2) is 9.02. The molecular weight excluding hydrogens is 456 g/mol. The van der Waals surface area contributed by atoms with Crippen molar-refractivity contribution in [2.24, 2.45) is 0 Å². The van der Waals surface area contributed by atoms with E-state index in [1.165, 1.54) is 0 Å². The summed E-state index contributed by atoms with van der Waals surface area (Å²) in [6.07, 6.45) is -1.12. The van der Waals surface area contributed by atoms with E-state index in [0.717, 1.165) is 33.1 Å². The summed E-state index contributed by atoms with van der Waals surface area (Å²) in [5, 5.41) is 15.0. The summed E-state index contributed by atoms with van der Waals surface area (Å²) < 4.78 is 7.40. The number of para-hydroxylation sites is 2. The SMILES string of the molecule is COc1ccccc1-n1nc2c(c1-c1ccc(Cl)cc1)CN(C(=O)CN(C(=O)O)C(C)(C)C)C2. The third-order valence-corrected chi connectivity index (χ3v) is 6.13. The van der Waals surface area contributed by atoms with E-state index in [1.807, 2.05) is 53.2 Å². The summed E-state index contributed by atoms with van der Waals surface area (Å²) in [7, 11) is 1.61. The van der Waals surface area contributed by atoms with Crippen LogP contribution in [0.2, 0.25) is 5.02 Å². The van der Waals surface area contributed by atoms with Crippen molar-refractivity contribution in [1.29, 1.82) is 0 Å². The maximum absolute atomic E-state index is 13.1. The van der Waals surface area contributed by atoms with E-state index in [4.69, 9.17) is 21.4 Å². The summed E-state index contributed by atoms with van der Waals surface area (Å²) in [6.45, 7) is 5.72. The van der Waals surface area contributed by atoms with Crippen LogP contribution in [-0.4, -0.2) is 55.9 Å². The Labute approximate surface area is 203 Å². The number of nitrogens with zero attached hydrogens (tertiary/aromatic N) is 4. The molecule has 0 radical (unpaired) electrons. The molecule has 8 nitrogen and oxygen atoms in total. The van der Waals surface area contributed by atoms with Crippen molar-refractivity contribution in [2.75, 3.05) is 13.7 Å². The average molecular weight is 483 g/mol. The van der Waals surface area contributed by atoms with E-state index >= 15 is 0 Å². The quantitative estimate of drug-likeness (QED) is 0.563. The highest BCUT2D eigenvalue weighted by Gasteiger charge is 2.35. The molecule has 34 heavy (non-hydrogen) atoms. The Bertz CT molecular complexity index is 1230. The van der Waals surface area contributed by atoms with Crippen LogP contribution in [0.5, 0.6) is 5.75 Å². The van der Waals surface area contributed by atoms with E-state index in [0.29, 0.717) is 23.9 Å². The average Bonchev–Trinajstić information content (AvgIpc) is 3.35. The van der Waals surface area contributed by atoms with E-state index in [1.54, 1.807) is 32.8 Å². The molecule has 0 aliphatic carbocycles. The summed E-state index contributed by atoms with van der Waals surface area (Å²) >= 11 is 6.12. The Balaban J connectivity index is 1.72. The van der Waals surface area contributed by atoms with Crippen LogP contribution >= 0.6 is 11.6 Å². The fourth-order valence-electron chi connectivity index (χ4n) is 4.10. The molecule has 9 heteroatoms. The number of halogens is 1. The van der Waals surface area contributed by atoms with Gasteiger partial charge in [-0.1, -0.05) is 35.9 Å². The highest BCUT2D eigenvalue weighted by atomic mass is 35.5. The minimum atomic E-state index is -1.12. The zero-order chi connectivity index (χ0) is 24.6. The molecule has 1 aliphatic heterocycles. The van der Waals surface area contributed by atoms with Crippen molar-refractivity contribution < 1.29 is 19.4 Å². The number of carbonyl (C=O) groups excluding carboxylic acids is 1. The van der Waals surface area contributed by atoms with E-state index in [9.17, 15) is 14.7 Å². The molecule has 4 rings (SSSR count). The molecule has 178 valence electrons. The topological polar surface area (TPSA) is 87.9 Å². The maximum Gasteiger partial charge on any atom is 0.408 e. The number of hydrogen-bond donors (Lipinski definition) is 1. The van der Waals surface area contributed by atoms with Gasteiger partial charge in [-0.15, -0.1) is 0 Å². The predicted octanol–water partition coefficient (Wildman–Crippen LogP) is 4.82. The van der Waals surface area contributed by atoms with E-state index in [-0.39, 0.29) is 12.5 Å². The monoisotopic (exact) mass is 482 g/mol. The molecule has 1 N–H and O–H groups in total. The number of benzene rings is 2. The molecule has 0 saturated heterocycles. The molecule has 0 saturated carbocycles. The molecule has 2 aromatic carbocycles. The fraction of sp³-hybridized carbons (Fsp3) is 0.320. The van der Waals surface area contributed by atoms with Gasteiger partial charge in [0.25, 0.3) is 0 Å². The van der Waals surface area contributed by atoms with Crippen LogP contribution in [0.15, 0.2) is 48.5 Å². The van der Waals surface area contributed by atoms with Crippen LogP contribution in [-0.2, 0) is 17.9 Å². The Morgan fingerprint density at radius 1 is 1.12 bits per heavy atom. The van der Waals surface area contributed by atoms with Gasteiger partial charge in [-0.2, -0.15) is 5.10 Å². The van der Waals surface area contributed by atoms with E-state index < -0.39 is 11.6 Å². The van der Waals surface area contributed by atoms with Gasteiger partial charge in [-0.25, -0.2) is 9.48 Å². The summed E-state index contributed by atoms with van der Waals surface area (Å²) in [4.78, 5) is 27.6. The number of rotatable bonds is 5. The first-order valence-corrected chi connectivity index (χ1v) is 11.3. The lowest BCUT2D eigenvalue weighted by Gasteiger charge is -2.33. The number of fused-ring (bicyclic) bond motifs is 1. The van der Waals surface area contributed by atoms with Gasteiger partial charge in [0.05, 0.1) is 31.6 Å². The second-order valence-electron chi connectivity index (χ2n) is 9.15. The lowest BCUT2D eigenvalue weighted by Crippen LogP contribution is -2.50. The van der Waals surface area contributed by atoms with E-state index in [2.05, 4.69) is 0 Å². The molecule has 2 heterocycles. The second-order valence-corrected chi connectivity index (χ2v) is 9.59. The van der Waals surface area contributed by atoms with Gasteiger partial charge >= 0.3 is 6.09 Å². The van der Waals surface area contributed by atoms with Crippen LogP contribution < -0.4 is 4.74 Å². The number of amides is 2. The molecule has 0 spiro atoms. The van der Waals surface area contributed by atoms with Crippen molar-refractivity contribution in [3.63, 3.8) is 0 Å². The van der Waals surface area contributed by atoms with Crippen LogP contribution in [0.4, 0.5) is 4.79 Å². The first-order valence-electron chi connectivity index (χ1n) is 10.9. The van der Waals surface area contributed by atoms with Gasteiger partial charge < -0.3 is 14.7 Å². The molecule has 0 atom stereocenters. The standard InChI is InChI=1S/C25H27ClN4O4/c1-25(2,3)29(24(32)33)15-22(31)28-13-18-19(14-28)27-30(20-7-5-6-8-21(20)34-4)23(18)16-9-11-17(26)12-10-16/h5-12H,13-15H2,1-4H3,(H,32,33). The lowest BCUT2D eigenvalue weighted by atomic mass is 10.1. The Morgan fingerprint density at radius 2 is 1.79 bits per heavy atom. The number of methoxy groups -OCH3 is 1. The third kappa shape index (κ3) is 4.46. The van der Waals surface area contributed by atoms with Crippen LogP contribution in [0.3, 0.4) is 0 Å². The Hall–Kier alpha value is -3.52. The van der Waals surface area contributed by atoms with Crippen molar-refractivity contribution in [3.8, 4) is 22.7 Å². The highest BCUT2D eigenvalue weighted by molar-refractivity contribution is 6.30. The fourth-order valence-corrected chi connectivity index (χ4v) is 4.23. The minimum absolute atomic E-state index is 0.216. The Morgan fingerprint density at radius 3 is 2.41 bits per heavy atom. The molecule has 3 aromatic rings. The number of hydrogen-bond acceptors (Lipinski definition) is 4. The largest absolute Gasteiger partial charge is 0.494 e. The number of carbonyl (C=O) groups is 2. The highest BCUT2D eigenvalue weighted by Crippen LogP contribution is 2.37. The van der Waals surface area contributed by atoms with Gasteiger partial charge in [-0.05, 0) is 45.0 Å². The molecule has 1 aromatic heterocycles. The van der Waals surface area contributed by atoms with Gasteiger partial charge in [0.1, 0.15) is 18.0 Å². The minimum Gasteiger partial charge on any atom is -0.494 e. The molecule has 0 fully saturated rings. The van der Waals surface area contributed by atoms with Crippen molar-refractivity contribution in [1.82, 2.24) is 19.6 Å². The zero-order valence-electron chi connectivity index (χ0n) is 19.6. The molecule has 1 aliphatic rings.